The quantitative estimate of drug-likeness (QED) is 0.733. The van der Waals surface area contributed by atoms with Crippen LogP contribution in [-0.2, 0) is 28.9 Å². The number of hydrogen-bond donors (Lipinski definition) is 0. The Morgan fingerprint density at radius 1 is 1.24 bits per heavy atom. The van der Waals surface area contributed by atoms with Gasteiger partial charge in [0.1, 0.15) is 5.75 Å². The van der Waals surface area contributed by atoms with Crippen LogP contribution in [0.5, 0.6) is 5.75 Å². The van der Waals surface area contributed by atoms with E-state index in [4.69, 9.17) is 9.47 Å². The first-order valence-electron chi connectivity index (χ1n) is 7.01. The number of aromatic nitrogens is 2. The number of esters is 1. The molecule has 0 unspecified atom stereocenters. The van der Waals surface area contributed by atoms with Gasteiger partial charge in [-0.2, -0.15) is 5.10 Å². The smallest absolute Gasteiger partial charge is 0.310 e. The zero-order valence-electron chi connectivity index (χ0n) is 12.4. The van der Waals surface area contributed by atoms with E-state index in [0.29, 0.717) is 13.0 Å². The van der Waals surface area contributed by atoms with Crippen LogP contribution in [0.4, 0.5) is 0 Å². The van der Waals surface area contributed by atoms with Crippen molar-refractivity contribution in [2.45, 2.75) is 26.3 Å². The highest BCUT2D eigenvalue weighted by Gasteiger charge is 2.07. The molecular weight excluding hydrogens is 268 g/mol. The molecule has 0 bridgehead atoms. The second kappa shape index (κ2) is 7.47. The molecule has 21 heavy (non-hydrogen) atoms. The number of aryl methyl sites for hydroxylation is 1. The molecule has 2 aromatic rings. The van der Waals surface area contributed by atoms with Gasteiger partial charge in [0.05, 0.1) is 26.3 Å². The predicted octanol–water partition coefficient (Wildman–Crippen LogP) is 2.24. The van der Waals surface area contributed by atoms with Crippen molar-refractivity contribution >= 4 is 5.97 Å². The third kappa shape index (κ3) is 4.63. The molecule has 0 aliphatic heterocycles. The van der Waals surface area contributed by atoms with Crippen molar-refractivity contribution in [2.75, 3.05) is 13.7 Å². The summed E-state index contributed by atoms with van der Waals surface area (Å²) in [5.41, 5.74) is 1.99. The number of hydrogen-bond acceptors (Lipinski definition) is 4. The summed E-state index contributed by atoms with van der Waals surface area (Å²) in [5.74, 6) is 0.600. The van der Waals surface area contributed by atoms with E-state index in [9.17, 15) is 4.79 Å². The lowest BCUT2D eigenvalue weighted by atomic mass is 10.1. The maximum absolute atomic E-state index is 11.7. The molecule has 0 saturated heterocycles. The van der Waals surface area contributed by atoms with Crippen LogP contribution in [0.1, 0.15) is 18.1 Å². The number of ether oxygens (including phenoxy) is 2. The fourth-order valence-corrected chi connectivity index (χ4v) is 1.96. The van der Waals surface area contributed by atoms with Crippen molar-refractivity contribution in [3.05, 3.63) is 47.8 Å². The van der Waals surface area contributed by atoms with Crippen LogP contribution >= 0.6 is 0 Å². The molecule has 5 nitrogen and oxygen atoms in total. The summed E-state index contributed by atoms with van der Waals surface area (Å²) in [6.45, 7) is 3.18. The summed E-state index contributed by atoms with van der Waals surface area (Å²) >= 11 is 0. The van der Waals surface area contributed by atoms with Crippen molar-refractivity contribution in [3.8, 4) is 5.75 Å². The van der Waals surface area contributed by atoms with Gasteiger partial charge in [-0.05, 0) is 24.6 Å². The summed E-state index contributed by atoms with van der Waals surface area (Å²) in [4.78, 5) is 11.7. The fourth-order valence-electron chi connectivity index (χ4n) is 1.96. The van der Waals surface area contributed by atoms with Gasteiger partial charge < -0.3 is 9.47 Å². The SMILES string of the molecule is CCn1cc(CC(=O)OCCc2ccc(OC)cc2)cn1. The van der Waals surface area contributed by atoms with Gasteiger partial charge in [-0.3, -0.25) is 9.48 Å². The van der Waals surface area contributed by atoms with Gasteiger partial charge in [-0.15, -0.1) is 0 Å². The van der Waals surface area contributed by atoms with E-state index in [0.717, 1.165) is 23.4 Å². The Kier molecular flexibility index (Phi) is 5.37. The lowest BCUT2D eigenvalue weighted by molar-refractivity contribution is -0.142. The first-order valence-corrected chi connectivity index (χ1v) is 7.01. The van der Waals surface area contributed by atoms with E-state index in [2.05, 4.69) is 5.10 Å². The number of nitrogens with zero attached hydrogens (tertiary/aromatic N) is 2. The van der Waals surface area contributed by atoms with Gasteiger partial charge >= 0.3 is 5.97 Å². The van der Waals surface area contributed by atoms with Gasteiger partial charge in [-0.1, -0.05) is 12.1 Å². The van der Waals surface area contributed by atoms with Gasteiger partial charge in [0, 0.05) is 24.7 Å². The molecule has 0 N–H and O–H groups in total. The number of rotatable bonds is 7. The molecule has 0 radical (unpaired) electrons. The van der Waals surface area contributed by atoms with Crippen molar-refractivity contribution in [3.63, 3.8) is 0 Å². The molecule has 0 spiro atoms. The van der Waals surface area contributed by atoms with E-state index >= 15 is 0 Å². The van der Waals surface area contributed by atoms with E-state index in [-0.39, 0.29) is 12.4 Å². The largest absolute Gasteiger partial charge is 0.497 e. The van der Waals surface area contributed by atoms with Crippen LogP contribution in [-0.4, -0.2) is 29.5 Å². The number of benzene rings is 1. The second-order valence-electron chi connectivity index (χ2n) is 4.70. The van der Waals surface area contributed by atoms with Crippen LogP contribution < -0.4 is 4.74 Å². The molecule has 0 aliphatic rings. The van der Waals surface area contributed by atoms with Gasteiger partial charge in [0.25, 0.3) is 0 Å². The maximum atomic E-state index is 11.7. The van der Waals surface area contributed by atoms with Gasteiger partial charge in [-0.25, -0.2) is 0 Å². The van der Waals surface area contributed by atoms with Crippen molar-refractivity contribution in [1.29, 1.82) is 0 Å². The Morgan fingerprint density at radius 3 is 2.62 bits per heavy atom. The van der Waals surface area contributed by atoms with Crippen LogP contribution in [0.25, 0.3) is 0 Å². The molecule has 112 valence electrons. The third-order valence-electron chi connectivity index (χ3n) is 3.17. The monoisotopic (exact) mass is 288 g/mol. The molecule has 1 heterocycles. The van der Waals surface area contributed by atoms with Crippen molar-refractivity contribution < 1.29 is 14.3 Å². The topological polar surface area (TPSA) is 53.4 Å². The zero-order valence-corrected chi connectivity index (χ0v) is 12.4. The average Bonchev–Trinajstić information content (AvgIpc) is 2.95. The molecule has 0 aliphatic carbocycles. The Bertz CT molecular complexity index is 575. The first kappa shape index (κ1) is 15.1. The highest BCUT2D eigenvalue weighted by Crippen LogP contribution is 2.11. The van der Waals surface area contributed by atoms with E-state index in [1.165, 1.54) is 0 Å². The van der Waals surface area contributed by atoms with Crippen molar-refractivity contribution in [2.24, 2.45) is 0 Å². The molecule has 5 heteroatoms. The number of carbonyl (C=O) groups excluding carboxylic acids is 1. The molecule has 0 fully saturated rings. The minimum absolute atomic E-state index is 0.223. The Hall–Kier alpha value is -2.30. The Labute approximate surface area is 124 Å². The number of carbonyl (C=O) groups is 1. The van der Waals surface area contributed by atoms with E-state index < -0.39 is 0 Å². The lowest BCUT2D eigenvalue weighted by Crippen LogP contribution is -2.10. The molecule has 1 aromatic carbocycles. The maximum Gasteiger partial charge on any atom is 0.310 e. The standard InChI is InChI=1S/C16H20N2O3/c1-3-18-12-14(11-17-18)10-16(19)21-9-8-13-4-6-15(20-2)7-5-13/h4-7,11-12H,3,8-10H2,1-2H3. The summed E-state index contributed by atoms with van der Waals surface area (Å²) in [6.07, 6.45) is 4.53. The van der Waals surface area contributed by atoms with Crippen molar-refractivity contribution in [1.82, 2.24) is 9.78 Å². The predicted molar refractivity (Wildman–Crippen MR) is 79.3 cm³/mol. The summed E-state index contributed by atoms with van der Waals surface area (Å²) in [6, 6.07) is 7.74. The fraction of sp³-hybridized carbons (Fsp3) is 0.375. The second-order valence-corrected chi connectivity index (χ2v) is 4.70. The number of methoxy groups -OCH3 is 1. The summed E-state index contributed by atoms with van der Waals surface area (Å²) in [5, 5.41) is 4.13. The molecular formula is C16H20N2O3. The molecule has 0 atom stereocenters. The summed E-state index contributed by atoms with van der Waals surface area (Å²) < 4.78 is 12.1. The highest BCUT2D eigenvalue weighted by molar-refractivity contribution is 5.72. The van der Waals surface area contributed by atoms with E-state index in [1.54, 1.807) is 18.0 Å². The summed E-state index contributed by atoms with van der Waals surface area (Å²) in [7, 11) is 1.64. The highest BCUT2D eigenvalue weighted by atomic mass is 16.5. The first-order chi connectivity index (χ1) is 10.2. The average molecular weight is 288 g/mol. The molecule has 1 aromatic heterocycles. The van der Waals surface area contributed by atoms with Crippen LogP contribution in [0, 0.1) is 0 Å². The zero-order chi connectivity index (χ0) is 15.1. The molecule has 0 saturated carbocycles. The minimum atomic E-state index is -0.223. The van der Waals surface area contributed by atoms with E-state index in [1.807, 2.05) is 37.4 Å². The lowest BCUT2D eigenvalue weighted by Gasteiger charge is -2.05. The van der Waals surface area contributed by atoms with Gasteiger partial charge in [0.15, 0.2) is 0 Å². The minimum Gasteiger partial charge on any atom is -0.497 e. The molecule has 0 amide bonds. The Balaban J connectivity index is 1.73. The Morgan fingerprint density at radius 2 is 2.00 bits per heavy atom. The van der Waals surface area contributed by atoms with Crippen LogP contribution in [0.15, 0.2) is 36.7 Å². The van der Waals surface area contributed by atoms with Crippen LogP contribution in [0.3, 0.4) is 0 Å². The third-order valence-corrected chi connectivity index (χ3v) is 3.17. The van der Waals surface area contributed by atoms with Crippen LogP contribution in [0.2, 0.25) is 0 Å². The normalized spacial score (nSPS) is 10.4. The molecule has 2 rings (SSSR count). The van der Waals surface area contributed by atoms with Gasteiger partial charge in [0.2, 0.25) is 0 Å².